The van der Waals surface area contributed by atoms with E-state index in [1.165, 1.54) is 19.6 Å². The van der Waals surface area contributed by atoms with Crippen molar-refractivity contribution in [2.75, 3.05) is 56.4 Å². The number of amides is 4. The molecule has 0 unspecified atom stereocenters. The van der Waals surface area contributed by atoms with Gasteiger partial charge in [0.2, 0.25) is 25.6 Å². The van der Waals surface area contributed by atoms with Crippen LogP contribution < -0.4 is 0 Å². The van der Waals surface area contributed by atoms with Crippen molar-refractivity contribution >= 4 is 25.6 Å². The predicted molar refractivity (Wildman–Crippen MR) is 127 cm³/mol. The second-order valence-electron chi connectivity index (χ2n) is 4.28. The molecule has 39 heavy (non-hydrogen) atoms. The van der Waals surface area contributed by atoms with Crippen molar-refractivity contribution < 1.29 is 110 Å². The molecule has 0 atom stereocenters. The fourth-order valence-corrected chi connectivity index (χ4v) is 0. The molecular weight excluding hydrogens is 732 g/mol. The standard InChI is InChI=1S/4C3H7NO.6CN.Co.5H2O.Yb/c4*1-4(2)3-5;6*1-2;;;;;;;/h4*3H,1-2H3;;;;;;;;5*1H2;/q;;;;6*-1;+3;;;;;;+3. The van der Waals surface area contributed by atoms with Crippen molar-refractivity contribution in [3.8, 4) is 0 Å². The van der Waals surface area contributed by atoms with Crippen LogP contribution in [0.4, 0.5) is 0 Å². The number of carbonyl (C=O) groups excluding carboxylic acids is 4. The monoisotopic (exact) mass is 771 g/mol. The Kier molecular flexibility index (Phi) is 774. The van der Waals surface area contributed by atoms with E-state index in [2.05, 4.69) is 0 Å². The molecule has 0 fully saturated rings. The van der Waals surface area contributed by atoms with Gasteiger partial charge in [0.1, 0.15) is 0 Å². The van der Waals surface area contributed by atoms with Gasteiger partial charge >= 0.3 is 63.7 Å². The van der Waals surface area contributed by atoms with E-state index in [1.54, 1.807) is 56.4 Å². The molecule has 0 aliphatic carbocycles. The Labute approximate surface area is 281 Å². The van der Waals surface area contributed by atoms with Gasteiger partial charge in [-0.05, 0) is 0 Å². The van der Waals surface area contributed by atoms with Crippen LogP contribution in [-0.4, -0.2) is 129 Å². The van der Waals surface area contributed by atoms with Crippen LogP contribution in [0.25, 0.3) is 0 Å². The average Bonchev–Trinajstić information content (AvgIpc) is 2.87. The summed E-state index contributed by atoms with van der Waals surface area (Å²) in [7, 11) is 13.5. The van der Waals surface area contributed by atoms with E-state index in [0.717, 1.165) is 25.6 Å². The molecule has 0 saturated heterocycles. The van der Waals surface area contributed by atoms with Crippen LogP contribution in [0.2, 0.25) is 0 Å². The van der Waals surface area contributed by atoms with Crippen LogP contribution >= 0.6 is 0 Å². The maximum absolute atomic E-state index is 9.43. The van der Waals surface area contributed by atoms with Gasteiger partial charge in [0.05, 0.1) is 0 Å². The van der Waals surface area contributed by atoms with Gasteiger partial charge < -0.3 is 118 Å². The van der Waals surface area contributed by atoms with E-state index < -0.39 is 0 Å². The van der Waals surface area contributed by atoms with Gasteiger partial charge in [0.25, 0.3) is 0 Å². The van der Waals surface area contributed by atoms with E-state index in [-0.39, 0.29) is 91.1 Å². The maximum Gasteiger partial charge on any atom is 3.00 e. The van der Waals surface area contributed by atoms with E-state index >= 15 is 0 Å². The van der Waals surface area contributed by atoms with E-state index in [9.17, 15) is 19.2 Å². The molecule has 0 spiro atoms. The van der Waals surface area contributed by atoms with E-state index in [4.69, 9.17) is 71.0 Å². The zero-order valence-electron chi connectivity index (χ0n) is 22.5. The van der Waals surface area contributed by atoms with E-state index in [1.807, 2.05) is 0 Å². The molecule has 0 aromatic heterocycles. The molecule has 21 heteroatoms. The van der Waals surface area contributed by atoms with Crippen molar-refractivity contribution in [2.45, 2.75) is 0 Å². The molecule has 0 aliphatic rings. The molecule has 19 nitrogen and oxygen atoms in total. The number of hydrogen-bond acceptors (Lipinski definition) is 10. The SMILES string of the molecule is CN(C)C=O.CN(C)C=O.CN(C)C=O.CN(C)C=O.O.O.O.O.O.[C-]#N.[C-]#N.[C-]#N.[C-]#N.[C-]#N.[C-]#N.[Co+3].[Yb+3]. The van der Waals surface area contributed by atoms with Crippen LogP contribution in [0.3, 0.4) is 0 Å². The normalized spacial score (nSPS) is 3.79. The molecule has 237 valence electrons. The maximum atomic E-state index is 9.43. The molecule has 0 heterocycles. The van der Waals surface area contributed by atoms with E-state index in [0.29, 0.717) is 0 Å². The van der Waals surface area contributed by atoms with Crippen LogP contribution in [0.5, 0.6) is 0 Å². The van der Waals surface area contributed by atoms with Crippen molar-refractivity contribution in [2.24, 2.45) is 0 Å². The molecular formula is C18H38CoN10O9Yb. The third-order valence-electron chi connectivity index (χ3n) is 0.843. The largest absolute Gasteiger partial charge is 3.00 e. The van der Waals surface area contributed by atoms with Crippen LogP contribution in [0.1, 0.15) is 0 Å². The minimum absolute atomic E-state index is 0. The van der Waals surface area contributed by atoms with Crippen molar-refractivity contribution in [1.82, 2.24) is 19.6 Å². The molecule has 0 aliphatic heterocycles. The number of carbonyl (C=O) groups is 4. The Bertz CT molecular complexity index is 383. The Morgan fingerprint density at radius 3 is 0.385 bits per heavy atom. The van der Waals surface area contributed by atoms with Crippen molar-refractivity contribution in [1.29, 1.82) is 31.6 Å². The zero-order valence-corrected chi connectivity index (χ0v) is 25.3. The minimum atomic E-state index is 0. The van der Waals surface area contributed by atoms with Crippen LogP contribution in [0, 0.1) is 118 Å². The van der Waals surface area contributed by atoms with Gasteiger partial charge in [0, 0.05) is 56.4 Å². The fourth-order valence-electron chi connectivity index (χ4n) is 0. The molecule has 0 aromatic rings. The summed E-state index contributed by atoms with van der Waals surface area (Å²) in [5.74, 6) is 0. The van der Waals surface area contributed by atoms with Crippen LogP contribution in [-0.2, 0) is 36.0 Å². The first-order chi connectivity index (χ1) is 15.1. The summed E-state index contributed by atoms with van der Waals surface area (Å²) in [6.45, 7) is 28.5. The molecule has 0 saturated carbocycles. The quantitative estimate of drug-likeness (QED) is 0.194. The second-order valence-corrected chi connectivity index (χ2v) is 4.28. The Hall–Kier alpha value is -3.35. The number of nitrogens with zero attached hydrogens (tertiary/aromatic N) is 10. The fraction of sp³-hybridized carbons (Fsp3) is 0.444. The summed E-state index contributed by atoms with van der Waals surface area (Å²) in [6.07, 6.45) is 3.00. The number of hydrogen-bond donors (Lipinski definition) is 0. The first kappa shape index (κ1) is 123. The summed E-state index contributed by atoms with van der Waals surface area (Å²) in [5.41, 5.74) is 0. The molecule has 0 aromatic carbocycles. The molecule has 0 bridgehead atoms. The van der Waals surface area contributed by atoms with Crippen LogP contribution in [0.15, 0.2) is 0 Å². The Balaban J connectivity index is -0.00000000928. The molecule has 4 amide bonds. The first-order valence-electron chi connectivity index (χ1n) is 6.89. The summed E-state index contributed by atoms with van der Waals surface area (Å²) in [4.78, 5) is 43.5. The Morgan fingerprint density at radius 2 is 0.385 bits per heavy atom. The van der Waals surface area contributed by atoms with Gasteiger partial charge in [0.15, 0.2) is 0 Å². The minimum Gasteiger partial charge on any atom is -0.512 e. The van der Waals surface area contributed by atoms with Crippen molar-refractivity contribution in [3.05, 3.63) is 39.4 Å². The summed E-state index contributed by atoms with van der Waals surface area (Å²) >= 11 is 0. The first-order valence-corrected chi connectivity index (χ1v) is 6.89. The molecule has 10 N–H and O–H groups in total. The van der Waals surface area contributed by atoms with Crippen molar-refractivity contribution in [3.63, 3.8) is 0 Å². The molecule has 0 rings (SSSR count). The van der Waals surface area contributed by atoms with Gasteiger partial charge in [-0.2, -0.15) is 0 Å². The number of rotatable bonds is 4. The average molecular weight is 771 g/mol. The summed E-state index contributed by atoms with van der Waals surface area (Å²) in [5, 5.41) is 37.5. The molecule has 1 radical (unpaired) electrons. The second kappa shape index (κ2) is 245. The summed E-state index contributed by atoms with van der Waals surface area (Å²) < 4.78 is 0. The Morgan fingerprint density at radius 1 is 0.359 bits per heavy atom. The third kappa shape index (κ3) is 1710. The zero-order chi connectivity index (χ0) is 29.1. The summed E-state index contributed by atoms with van der Waals surface area (Å²) in [6, 6.07) is 0. The predicted octanol–water partition coefficient (Wildman–Crippen LogP) is -4.73. The van der Waals surface area contributed by atoms with Gasteiger partial charge in [-0.3, -0.25) is 19.2 Å². The topological polar surface area (TPSA) is 381 Å². The van der Waals surface area contributed by atoms with Gasteiger partial charge in [-0.1, -0.05) is 0 Å². The van der Waals surface area contributed by atoms with Gasteiger partial charge in [-0.15, -0.1) is 0 Å². The third-order valence-corrected chi connectivity index (χ3v) is 0.843. The smallest absolute Gasteiger partial charge is 0.512 e. The van der Waals surface area contributed by atoms with Gasteiger partial charge in [-0.25, -0.2) is 0 Å².